The lowest BCUT2D eigenvalue weighted by Crippen LogP contribution is -2.29. The number of nitrogens with zero attached hydrogens (tertiary/aromatic N) is 1. The summed E-state index contributed by atoms with van der Waals surface area (Å²) in [6.07, 6.45) is 0.736. The smallest absolute Gasteiger partial charge is 0.0608 e. The minimum atomic E-state index is -0.644. The van der Waals surface area contributed by atoms with Crippen LogP contribution < -0.4 is 4.90 Å². The van der Waals surface area contributed by atoms with Crippen LogP contribution in [0.15, 0.2) is 58.3 Å². The number of para-hydroxylation sites is 2. The van der Waals surface area contributed by atoms with E-state index in [0.29, 0.717) is 0 Å². The molecular weight excluding hydrogens is 266 g/mol. The molecule has 0 unspecified atom stereocenters. The van der Waals surface area contributed by atoms with Crippen LogP contribution in [0, 0.1) is 0 Å². The van der Waals surface area contributed by atoms with Crippen molar-refractivity contribution < 1.29 is 5.11 Å². The minimum Gasteiger partial charge on any atom is -0.390 e. The molecule has 0 bridgehead atoms. The molecule has 0 aliphatic carbocycles. The number of aliphatic hydroxyl groups is 1. The molecule has 0 fully saturated rings. The van der Waals surface area contributed by atoms with Crippen LogP contribution in [0.25, 0.3) is 0 Å². The number of rotatable bonds is 3. The molecule has 0 spiro atoms. The zero-order chi connectivity index (χ0) is 14.2. The van der Waals surface area contributed by atoms with Crippen molar-refractivity contribution in [2.45, 2.75) is 35.7 Å². The van der Waals surface area contributed by atoms with Gasteiger partial charge in [-0.15, -0.1) is 0 Å². The molecule has 0 amide bonds. The van der Waals surface area contributed by atoms with Gasteiger partial charge in [-0.25, -0.2) is 0 Å². The van der Waals surface area contributed by atoms with E-state index in [2.05, 4.69) is 53.4 Å². The van der Waals surface area contributed by atoms with Gasteiger partial charge in [0.05, 0.1) is 17.0 Å². The Hall–Kier alpha value is -1.45. The van der Waals surface area contributed by atoms with Gasteiger partial charge in [0.1, 0.15) is 0 Å². The average Bonchev–Trinajstić information content (AvgIpc) is 2.42. The summed E-state index contributed by atoms with van der Waals surface area (Å²) in [7, 11) is 0. The first kappa shape index (κ1) is 13.5. The number of hydrogen-bond donors (Lipinski definition) is 1. The number of benzene rings is 2. The summed E-state index contributed by atoms with van der Waals surface area (Å²) >= 11 is 1.82. The number of anilines is 2. The van der Waals surface area contributed by atoms with E-state index in [1.807, 2.05) is 25.6 Å². The summed E-state index contributed by atoms with van der Waals surface area (Å²) in [5, 5.41) is 10.0. The van der Waals surface area contributed by atoms with E-state index in [1.165, 1.54) is 21.2 Å². The van der Waals surface area contributed by atoms with Crippen LogP contribution >= 0.6 is 11.8 Å². The molecule has 20 heavy (non-hydrogen) atoms. The largest absolute Gasteiger partial charge is 0.390 e. The van der Waals surface area contributed by atoms with Crippen molar-refractivity contribution in [2.24, 2.45) is 0 Å². The van der Waals surface area contributed by atoms with Crippen molar-refractivity contribution in [1.82, 2.24) is 0 Å². The molecule has 3 heteroatoms. The van der Waals surface area contributed by atoms with Gasteiger partial charge in [0.2, 0.25) is 0 Å². The van der Waals surface area contributed by atoms with Gasteiger partial charge >= 0.3 is 0 Å². The third-order valence-corrected chi connectivity index (χ3v) is 4.61. The molecule has 0 radical (unpaired) electrons. The zero-order valence-corrected chi connectivity index (χ0v) is 12.7. The second kappa shape index (κ2) is 5.15. The Morgan fingerprint density at radius 1 is 0.950 bits per heavy atom. The molecule has 1 heterocycles. The Kier molecular flexibility index (Phi) is 3.48. The van der Waals surface area contributed by atoms with Crippen LogP contribution in [0.5, 0.6) is 0 Å². The number of fused-ring (bicyclic) bond motifs is 2. The molecule has 104 valence electrons. The summed E-state index contributed by atoms with van der Waals surface area (Å²) in [6, 6.07) is 16.9. The second-order valence-electron chi connectivity index (χ2n) is 5.75. The first-order valence-corrected chi connectivity index (χ1v) is 7.72. The fourth-order valence-corrected chi connectivity index (χ4v) is 3.50. The van der Waals surface area contributed by atoms with E-state index in [-0.39, 0.29) is 0 Å². The first-order chi connectivity index (χ1) is 9.54. The van der Waals surface area contributed by atoms with Gasteiger partial charge in [0, 0.05) is 16.3 Å². The van der Waals surface area contributed by atoms with Gasteiger partial charge in [-0.2, -0.15) is 0 Å². The summed E-state index contributed by atoms with van der Waals surface area (Å²) in [6.45, 7) is 4.55. The van der Waals surface area contributed by atoms with E-state index in [9.17, 15) is 5.11 Å². The summed E-state index contributed by atoms with van der Waals surface area (Å²) in [4.78, 5) is 4.88. The predicted molar refractivity (Wildman–Crippen MR) is 84.9 cm³/mol. The fourth-order valence-electron chi connectivity index (χ4n) is 2.41. The molecule has 1 N–H and O–H groups in total. The van der Waals surface area contributed by atoms with Gasteiger partial charge in [0.25, 0.3) is 0 Å². The van der Waals surface area contributed by atoms with Gasteiger partial charge < -0.3 is 10.0 Å². The Morgan fingerprint density at radius 3 is 1.95 bits per heavy atom. The Bertz CT molecular complexity index is 573. The molecule has 0 aromatic heterocycles. The maximum absolute atomic E-state index is 10.0. The fraction of sp³-hybridized carbons (Fsp3) is 0.294. The van der Waals surface area contributed by atoms with Crippen molar-refractivity contribution in [3.8, 4) is 0 Å². The Labute approximate surface area is 124 Å². The van der Waals surface area contributed by atoms with Crippen LogP contribution in [-0.4, -0.2) is 17.3 Å². The highest BCUT2D eigenvalue weighted by Gasteiger charge is 2.24. The standard InChI is InChI=1S/C17H19NOS/c1-17(2,19)11-12-18-13-7-3-5-9-15(13)20-16-10-6-4-8-14(16)18/h3-10,19H,11-12H2,1-2H3. The third-order valence-electron chi connectivity index (χ3n) is 3.48. The average molecular weight is 285 g/mol. The van der Waals surface area contributed by atoms with E-state index >= 15 is 0 Å². The van der Waals surface area contributed by atoms with Gasteiger partial charge in [-0.05, 0) is 44.5 Å². The van der Waals surface area contributed by atoms with Gasteiger partial charge in [-0.3, -0.25) is 0 Å². The maximum atomic E-state index is 10.0. The highest BCUT2D eigenvalue weighted by atomic mass is 32.2. The topological polar surface area (TPSA) is 23.5 Å². The van der Waals surface area contributed by atoms with E-state index in [1.54, 1.807) is 0 Å². The number of hydrogen-bond acceptors (Lipinski definition) is 3. The van der Waals surface area contributed by atoms with E-state index < -0.39 is 5.60 Å². The third kappa shape index (κ3) is 2.69. The molecule has 0 saturated carbocycles. The van der Waals surface area contributed by atoms with Crippen molar-refractivity contribution >= 4 is 23.1 Å². The van der Waals surface area contributed by atoms with Crippen molar-refractivity contribution in [1.29, 1.82) is 0 Å². The summed E-state index contributed by atoms with van der Waals surface area (Å²) < 4.78 is 0. The van der Waals surface area contributed by atoms with Crippen LogP contribution in [0.1, 0.15) is 20.3 Å². The quantitative estimate of drug-likeness (QED) is 0.901. The molecule has 2 aromatic rings. The first-order valence-electron chi connectivity index (χ1n) is 6.90. The zero-order valence-electron chi connectivity index (χ0n) is 11.8. The maximum Gasteiger partial charge on any atom is 0.0608 e. The van der Waals surface area contributed by atoms with Crippen molar-refractivity contribution in [3.63, 3.8) is 0 Å². The van der Waals surface area contributed by atoms with Crippen molar-refractivity contribution in [2.75, 3.05) is 11.4 Å². The predicted octanol–water partition coefficient (Wildman–Crippen LogP) is 4.45. The lowest BCUT2D eigenvalue weighted by atomic mass is 10.0. The van der Waals surface area contributed by atoms with Gasteiger partial charge in [-0.1, -0.05) is 36.0 Å². The van der Waals surface area contributed by atoms with Crippen LogP contribution in [0.3, 0.4) is 0 Å². The molecule has 0 atom stereocenters. The minimum absolute atomic E-state index is 0.644. The van der Waals surface area contributed by atoms with Crippen LogP contribution in [0.2, 0.25) is 0 Å². The monoisotopic (exact) mass is 285 g/mol. The lowest BCUT2D eigenvalue weighted by Gasteiger charge is -2.34. The van der Waals surface area contributed by atoms with E-state index in [0.717, 1.165) is 13.0 Å². The Morgan fingerprint density at radius 2 is 1.45 bits per heavy atom. The molecule has 2 aromatic carbocycles. The molecule has 3 rings (SSSR count). The molecule has 1 aliphatic heterocycles. The SMILES string of the molecule is CC(C)(O)CCN1c2ccccc2Sc2ccccc21. The van der Waals surface area contributed by atoms with Crippen molar-refractivity contribution in [3.05, 3.63) is 48.5 Å². The highest BCUT2D eigenvalue weighted by Crippen LogP contribution is 2.47. The summed E-state index contributed by atoms with van der Waals surface area (Å²) in [5.41, 5.74) is 1.83. The normalized spacial score (nSPS) is 13.8. The lowest BCUT2D eigenvalue weighted by molar-refractivity contribution is 0.0737. The van der Waals surface area contributed by atoms with E-state index in [4.69, 9.17) is 0 Å². The molecular formula is C17H19NOS. The van der Waals surface area contributed by atoms with Crippen LogP contribution in [-0.2, 0) is 0 Å². The van der Waals surface area contributed by atoms with Gasteiger partial charge in [0.15, 0.2) is 0 Å². The summed E-state index contributed by atoms with van der Waals surface area (Å²) in [5.74, 6) is 0. The molecule has 0 saturated heterocycles. The molecule has 1 aliphatic rings. The van der Waals surface area contributed by atoms with Crippen LogP contribution in [0.4, 0.5) is 11.4 Å². The highest BCUT2D eigenvalue weighted by molar-refractivity contribution is 7.99. The second-order valence-corrected chi connectivity index (χ2v) is 6.84. The Balaban J connectivity index is 1.99. The molecule has 2 nitrogen and oxygen atoms in total.